The Bertz CT molecular complexity index is 801. The summed E-state index contributed by atoms with van der Waals surface area (Å²) in [6.07, 6.45) is -1.05. The number of amides is 4. The molecule has 0 rings (SSSR count). The summed E-state index contributed by atoms with van der Waals surface area (Å²) in [5, 5.41) is 26.5. The van der Waals surface area contributed by atoms with Gasteiger partial charge in [0.15, 0.2) is 5.96 Å². The van der Waals surface area contributed by atoms with Gasteiger partial charge >= 0.3 is 5.97 Å². The molecular weight excluding hydrogens is 476 g/mol. The number of carbonyl (C=O) groups is 5. The Labute approximate surface area is 209 Å². The number of rotatable bonds is 17. The standard InChI is InChI=1S/C21H40N8O7/c1-4-10(2)15(23)18(33)27-12(7-8-14(22)31)17(32)29-16(11(3)30)19(34)28-13(20(35)36)6-5-9-26-21(24)25/h10-13,15-16,30H,4-9,23H2,1-3H3,(H2,22,31)(H,27,33)(H,28,34)(H,29,32)(H,35,36)(H4,24,25,26). The van der Waals surface area contributed by atoms with Crippen molar-refractivity contribution >= 4 is 35.6 Å². The first-order valence-electron chi connectivity index (χ1n) is 11.6. The average molecular weight is 517 g/mol. The van der Waals surface area contributed by atoms with Crippen molar-refractivity contribution in [1.82, 2.24) is 16.0 Å². The molecular formula is C21H40N8O7. The molecule has 0 aromatic carbocycles. The molecule has 0 heterocycles. The second-order valence-electron chi connectivity index (χ2n) is 8.55. The van der Waals surface area contributed by atoms with Gasteiger partial charge in [-0.15, -0.1) is 0 Å². The second-order valence-corrected chi connectivity index (χ2v) is 8.55. The van der Waals surface area contributed by atoms with E-state index < -0.39 is 59.9 Å². The lowest BCUT2D eigenvalue weighted by Crippen LogP contribution is -2.60. The first kappa shape index (κ1) is 32.5. The lowest BCUT2D eigenvalue weighted by Gasteiger charge is -2.27. The first-order chi connectivity index (χ1) is 16.7. The van der Waals surface area contributed by atoms with Crippen molar-refractivity contribution in [3.8, 4) is 0 Å². The molecule has 0 aromatic rings. The van der Waals surface area contributed by atoms with Crippen LogP contribution < -0.4 is 38.9 Å². The van der Waals surface area contributed by atoms with Crippen molar-refractivity contribution in [2.45, 2.75) is 83.1 Å². The number of guanidine groups is 1. The van der Waals surface area contributed by atoms with E-state index in [1.165, 1.54) is 6.92 Å². The van der Waals surface area contributed by atoms with Gasteiger partial charge < -0.3 is 49.1 Å². The van der Waals surface area contributed by atoms with Crippen LogP contribution >= 0.6 is 0 Å². The van der Waals surface area contributed by atoms with Crippen LogP contribution in [0.1, 0.15) is 52.9 Å². The highest BCUT2D eigenvalue weighted by Gasteiger charge is 2.33. The SMILES string of the molecule is CCC(C)C(N)C(=O)NC(CCC(N)=O)C(=O)NC(C(=O)NC(CCCN=C(N)N)C(=O)O)C(C)O. The Morgan fingerprint density at radius 3 is 1.94 bits per heavy atom. The predicted molar refractivity (Wildman–Crippen MR) is 131 cm³/mol. The predicted octanol–water partition coefficient (Wildman–Crippen LogP) is -3.40. The largest absolute Gasteiger partial charge is 0.480 e. The van der Waals surface area contributed by atoms with Gasteiger partial charge in [-0.25, -0.2) is 4.79 Å². The van der Waals surface area contributed by atoms with Crippen LogP contribution in [0.2, 0.25) is 0 Å². The second kappa shape index (κ2) is 16.3. The number of carbonyl (C=O) groups excluding carboxylic acids is 4. The molecule has 0 aliphatic rings. The van der Waals surface area contributed by atoms with E-state index in [0.29, 0.717) is 6.42 Å². The van der Waals surface area contributed by atoms with E-state index in [2.05, 4.69) is 20.9 Å². The van der Waals surface area contributed by atoms with Crippen LogP contribution in [0.25, 0.3) is 0 Å². The molecule has 13 N–H and O–H groups in total. The summed E-state index contributed by atoms with van der Waals surface area (Å²) in [6, 6.07) is -5.12. The zero-order valence-electron chi connectivity index (χ0n) is 20.9. The molecule has 15 heteroatoms. The van der Waals surface area contributed by atoms with Crippen LogP contribution in [-0.2, 0) is 24.0 Å². The van der Waals surface area contributed by atoms with Gasteiger partial charge in [0.05, 0.1) is 12.1 Å². The van der Waals surface area contributed by atoms with Crippen LogP contribution in [0, 0.1) is 5.92 Å². The van der Waals surface area contributed by atoms with E-state index in [1.807, 2.05) is 6.92 Å². The molecule has 0 fully saturated rings. The molecule has 0 aliphatic carbocycles. The molecule has 0 radical (unpaired) electrons. The minimum Gasteiger partial charge on any atom is -0.480 e. The number of aliphatic carboxylic acids is 1. The van der Waals surface area contributed by atoms with Gasteiger partial charge in [0.25, 0.3) is 0 Å². The van der Waals surface area contributed by atoms with E-state index >= 15 is 0 Å². The molecule has 15 nitrogen and oxygen atoms in total. The maximum Gasteiger partial charge on any atom is 0.326 e. The molecule has 36 heavy (non-hydrogen) atoms. The highest BCUT2D eigenvalue weighted by atomic mass is 16.4. The summed E-state index contributed by atoms with van der Waals surface area (Å²) in [4.78, 5) is 64.6. The summed E-state index contributed by atoms with van der Waals surface area (Å²) in [5.74, 6) is -4.91. The third-order valence-corrected chi connectivity index (χ3v) is 5.49. The molecule has 6 unspecified atom stereocenters. The minimum atomic E-state index is -1.56. The zero-order valence-corrected chi connectivity index (χ0v) is 20.9. The summed E-state index contributed by atoms with van der Waals surface area (Å²) in [6.45, 7) is 4.95. The Morgan fingerprint density at radius 2 is 1.47 bits per heavy atom. The van der Waals surface area contributed by atoms with E-state index in [9.17, 15) is 34.2 Å². The summed E-state index contributed by atoms with van der Waals surface area (Å²) in [5.41, 5.74) is 21.5. The molecule has 0 aliphatic heterocycles. The van der Waals surface area contributed by atoms with E-state index in [-0.39, 0.29) is 44.1 Å². The summed E-state index contributed by atoms with van der Waals surface area (Å²) < 4.78 is 0. The van der Waals surface area contributed by atoms with Gasteiger partial charge in [0.1, 0.15) is 18.1 Å². The number of primary amides is 1. The van der Waals surface area contributed by atoms with Gasteiger partial charge in [-0.2, -0.15) is 0 Å². The Kier molecular flexibility index (Phi) is 14.7. The Morgan fingerprint density at radius 1 is 0.889 bits per heavy atom. The number of hydrogen-bond acceptors (Lipinski definition) is 8. The van der Waals surface area contributed by atoms with Crippen molar-refractivity contribution < 1.29 is 34.2 Å². The number of aliphatic hydroxyl groups is 1. The van der Waals surface area contributed by atoms with Crippen LogP contribution in [0.4, 0.5) is 0 Å². The van der Waals surface area contributed by atoms with Crippen molar-refractivity contribution in [2.75, 3.05) is 6.54 Å². The van der Waals surface area contributed by atoms with Crippen molar-refractivity contribution in [3.05, 3.63) is 0 Å². The molecule has 6 atom stereocenters. The molecule has 0 saturated carbocycles. The number of aliphatic imine (C=N–C) groups is 1. The van der Waals surface area contributed by atoms with Gasteiger partial charge in [0, 0.05) is 13.0 Å². The molecule has 206 valence electrons. The fourth-order valence-corrected chi connectivity index (χ4v) is 3.02. The fraction of sp³-hybridized carbons (Fsp3) is 0.714. The highest BCUT2D eigenvalue weighted by molar-refractivity contribution is 5.94. The minimum absolute atomic E-state index is 0.0247. The van der Waals surface area contributed by atoms with Gasteiger partial charge in [-0.05, 0) is 32.1 Å². The Hall–Kier alpha value is -3.46. The van der Waals surface area contributed by atoms with Crippen LogP contribution in [0.3, 0.4) is 0 Å². The van der Waals surface area contributed by atoms with E-state index in [0.717, 1.165) is 0 Å². The van der Waals surface area contributed by atoms with Crippen LogP contribution in [0.5, 0.6) is 0 Å². The molecule has 0 aromatic heterocycles. The van der Waals surface area contributed by atoms with Gasteiger partial charge in [-0.3, -0.25) is 24.2 Å². The Balaban J connectivity index is 5.47. The van der Waals surface area contributed by atoms with Crippen molar-refractivity contribution in [1.29, 1.82) is 0 Å². The summed E-state index contributed by atoms with van der Waals surface area (Å²) >= 11 is 0. The van der Waals surface area contributed by atoms with Gasteiger partial charge in [0.2, 0.25) is 23.6 Å². The number of nitrogens with one attached hydrogen (secondary N) is 3. The average Bonchev–Trinajstić information content (AvgIpc) is 2.79. The molecule has 4 amide bonds. The number of nitrogens with zero attached hydrogens (tertiary/aromatic N) is 1. The lowest BCUT2D eigenvalue weighted by atomic mass is 9.98. The zero-order chi connectivity index (χ0) is 28.0. The van der Waals surface area contributed by atoms with Crippen LogP contribution in [-0.4, -0.2) is 82.6 Å². The summed E-state index contributed by atoms with van der Waals surface area (Å²) in [7, 11) is 0. The quantitative estimate of drug-likeness (QED) is 0.0524. The van der Waals surface area contributed by atoms with E-state index in [1.54, 1.807) is 6.92 Å². The molecule has 0 bridgehead atoms. The fourth-order valence-electron chi connectivity index (χ4n) is 3.02. The normalized spacial score (nSPS) is 15.8. The monoisotopic (exact) mass is 516 g/mol. The smallest absolute Gasteiger partial charge is 0.326 e. The topological polar surface area (TPSA) is 278 Å². The number of nitrogens with two attached hydrogens (primary N) is 4. The highest BCUT2D eigenvalue weighted by Crippen LogP contribution is 2.08. The number of hydrogen-bond donors (Lipinski definition) is 9. The van der Waals surface area contributed by atoms with E-state index in [4.69, 9.17) is 22.9 Å². The van der Waals surface area contributed by atoms with Crippen molar-refractivity contribution in [3.63, 3.8) is 0 Å². The molecule has 0 saturated heterocycles. The molecule has 0 spiro atoms. The van der Waals surface area contributed by atoms with Crippen LogP contribution in [0.15, 0.2) is 4.99 Å². The maximum atomic E-state index is 12.9. The number of carboxylic acids is 1. The first-order valence-corrected chi connectivity index (χ1v) is 11.6. The third kappa shape index (κ3) is 12.3. The third-order valence-electron chi connectivity index (χ3n) is 5.49. The van der Waals surface area contributed by atoms with Gasteiger partial charge in [-0.1, -0.05) is 20.3 Å². The number of carboxylic acid groups (broad SMARTS) is 1. The lowest BCUT2D eigenvalue weighted by molar-refractivity contribution is -0.143. The van der Waals surface area contributed by atoms with Crippen molar-refractivity contribution in [2.24, 2.45) is 33.8 Å². The maximum absolute atomic E-state index is 12.9. The number of aliphatic hydroxyl groups excluding tert-OH is 1.